The molecular formula is C11H18O2. The Balaban J connectivity index is 2.44. The summed E-state index contributed by atoms with van der Waals surface area (Å²) in [6.45, 7) is 6.38. The van der Waals surface area contributed by atoms with Crippen molar-refractivity contribution in [2.24, 2.45) is 16.7 Å². The fourth-order valence-electron chi connectivity index (χ4n) is 3.19. The van der Waals surface area contributed by atoms with Crippen LogP contribution in [-0.2, 0) is 4.79 Å². The van der Waals surface area contributed by atoms with Crippen LogP contribution in [-0.4, -0.2) is 17.0 Å². The zero-order valence-corrected chi connectivity index (χ0v) is 8.63. The summed E-state index contributed by atoms with van der Waals surface area (Å²) >= 11 is 0. The summed E-state index contributed by atoms with van der Waals surface area (Å²) in [4.78, 5) is 11.9. The second-order valence-electron chi connectivity index (χ2n) is 5.41. The van der Waals surface area contributed by atoms with Crippen molar-refractivity contribution in [3.05, 3.63) is 0 Å². The van der Waals surface area contributed by atoms with E-state index >= 15 is 0 Å². The first kappa shape index (κ1) is 9.20. The summed E-state index contributed by atoms with van der Waals surface area (Å²) in [6, 6.07) is 0. The van der Waals surface area contributed by atoms with Crippen LogP contribution < -0.4 is 0 Å². The highest BCUT2D eigenvalue weighted by Crippen LogP contribution is 2.61. The molecule has 2 aliphatic carbocycles. The Hall–Kier alpha value is -0.370. The van der Waals surface area contributed by atoms with Gasteiger partial charge in [-0.1, -0.05) is 20.8 Å². The van der Waals surface area contributed by atoms with Crippen molar-refractivity contribution in [1.82, 2.24) is 0 Å². The number of aliphatic hydroxyl groups excluding tert-OH is 1. The first-order valence-corrected chi connectivity index (χ1v) is 5.12. The number of aliphatic hydroxyl groups is 1. The molecule has 0 aliphatic heterocycles. The number of carbonyl (C=O) groups is 1. The standard InChI is InChI=1S/C11H18O2/c1-10(2)7-4-5-11(10,3)9(13)8(12)6-7/h7-8,12H,4-6H2,1-3H3/t7-,8+,11+/m1/s1. The number of fused-ring (bicyclic) bond motifs is 2. The molecule has 0 aromatic heterocycles. The number of hydrogen-bond donors (Lipinski definition) is 1. The Morgan fingerprint density at radius 1 is 1.38 bits per heavy atom. The minimum absolute atomic E-state index is 0.0752. The topological polar surface area (TPSA) is 37.3 Å². The molecule has 1 N–H and O–H groups in total. The van der Waals surface area contributed by atoms with Crippen LogP contribution in [0.5, 0.6) is 0 Å². The van der Waals surface area contributed by atoms with Gasteiger partial charge < -0.3 is 5.11 Å². The average molecular weight is 182 g/mol. The Bertz CT molecular complexity index is 257. The van der Waals surface area contributed by atoms with E-state index in [1.807, 2.05) is 6.92 Å². The minimum atomic E-state index is -0.689. The van der Waals surface area contributed by atoms with E-state index in [4.69, 9.17) is 0 Å². The lowest BCUT2D eigenvalue weighted by molar-refractivity contribution is -0.149. The Kier molecular flexibility index (Phi) is 1.66. The van der Waals surface area contributed by atoms with Crippen molar-refractivity contribution in [3.8, 4) is 0 Å². The van der Waals surface area contributed by atoms with Crippen molar-refractivity contribution in [1.29, 1.82) is 0 Å². The molecule has 2 nitrogen and oxygen atoms in total. The normalized spacial score (nSPS) is 48.2. The number of hydrogen-bond acceptors (Lipinski definition) is 2. The molecule has 2 rings (SSSR count). The third-order valence-electron chi connectivity index (χ3n) is 4.79. The molecule has 2 heteroatoms. The summed E-state index contributed by atoms with van der Waals surface area (Å²) in [5.41, 5.74) is -0.182. The number of Topliss-reactive ketones (excluding diaryl/α,β-unsaturated/α-hetero) is 1. The van der Waals surface area contributed by atoms with Crippen LogP contribution in [0.1, 0.15) is 40.0 Å². The lowest BCUT2D eigenvalue weighted by Crippen LogP contribution is -2.50. The number of rotatable bonds is 0. The largest absolute Gasteiger partial charge is 0.385 e. The number of ketones is 1. The van der Waals surface area contributed by atoms with E-state index in [9.17, 15) is 9.90 Å². The second-order valence-corrected chi connectivity index (χ2v) is 5.41. The van der Waals surface area contributed by atoms with Gasteiger partial charge in [-0.05, 0) is 30.6 Å². The predicted molar refractivity (Wildman–Crippen MR) is 50.2 cm³/mol. The Morgan fingerprint density at radius 2 is 2.00 bits per heavy atom. The highest BCUT2D eigenvalue weighted by molar-refractivity contribution is 5.90. The fourth-order valence-corrected chi connectivity index (χ4v) is 3.19. The van der Waals surface area contributed by atoms with Gasteiger partial charge in [-0.2, -0.15) is 0 Å². The maximum absolute atomic E-state index is 11.9. The molecule has 0 spiro atoms. The van der Waals surface area contributed by atoms with Crippen molar-refractivity contribution in [2.45, 2.75) is 46.1 Å². The monoisotopic (exact) mass is 182 g/mol. The summed E-state index contributed by atoms with van der Waals surface area (Å²) in [5.74, 6) is 0.608. The molecule has 2 aliphatic rings. The highest BCUT2D eigenvalue weighted by atomic mass is 16.3. The van der Waals surface area contributed by atoms with Crippen LogP contribution in [0.15, 0.2) is 0 Å². The summed E-state index contributed by atoms with van der Waals surface area (Å²) in [6.07, 6.45) is 2.05. The zero-order chi connectivity index (χ0) is 9.85. The molecule has 0 saturated heterocycles. The van der Waals surface area contributed by atoms with Gasteiger partial charge in [-0.25, -0.2) is 0 Å². The van der Waals surface area contributed by atoms with E-state index in [1.165, 1.54) is 0 Å². The Morgan fingerprint density at radius 3 is 2.62 bits per heavy atom. The lowest BCUT2D eigenvalue weighted by atomic mass is 9.58. The Labute approximate surface area is 79.3 Å². The molecule has 0 heterocycles. The molecule has 2 saturated carbocycles. The van der Waals surface area contributed by atoms with Gasteiger partial charge in [0, 0.05) is 5.41 Å². The van der Waals surface area contributed by atoms with E-state index in [0.717, 1.165) is 12.8 Å². The predicted octanol–water partition coefficient (Wildman–Crippen LogP) is 1.76. The first-order chi connectivity index (χ1) is 5.89. The van der Waals surface area contributed by atoms with Crippen molar-refractivity contribution in [3.63, 3.8) is 0 Å². The van der Waals surface area contributed by atoms with Crippen LogP contribution in [0, 0.1) is 16.7 Å². The van der Waals surface area contributed by atoms with E-state index in [-0.39, 0.29) is 16.6 Å². The molecule has 0 radical (unpaired) electrons. The van der Waals surface area contributed by atoms with Crippen molar-refractivity contribution < 1.29 is 9.90 Å². The smallest absolute Gasteiger partial charge is 0.167 e. The second kappa shape index (κ2) is 2.35. The van der Waals surface area contributed by atoms with Gasteiger partial charge in [-0.3, -0.25) is 4.79 Å². The van der Waals surface area contributed by atoms with Gasteiger partial charge in [0.15, 0.2) is 5.78 Å². The third kappa shape index (κ3) is 0.899. The average Bonchev–Trinajstić information content (AvgIpc) is 2.18. The SMILES string of the molecule is CC1(C)[C@@H]2CC[C@@]1(C)C(=O)[C@@H](O)C2. The van der Waals surface area contributed by atoms with E-state index < -0.39 is 6.10 Å². The molecule has 2 fully saturated rings. The molecule has 0 amide bonds. The molecule has 3 atom stereocenters. The number of carbonyl (C=O) groups excluding carboxylic acids is 1. The first-order valence-electron chi connectivity index (χ1n) is 5.12. The third-order valence-corrected chi connectivity index (χ3v) is 4.79. The van der Waals surface area contributed by atoms with Gasteiger partial charge >= 0.3 is 0 Å². The van der Waals surface area contributed by atoms with Gasteiger partial charge in [0.1, 0.15) is 6.10 Å². The van der Waals surface area contributed by atoms with Crippen molar-refractivity contribution in [2.75, 3.05) is 0 Å². The summed E-state index contributed by atoms with van der Waals surface area (Å²) < 4.78 is 0. The maximum atomic E-state index is 11.9. The van der Waals surface area contributed by atoms with Crippen LogP contribution >= 0.6 is 0 Å². The molecule has 0 aromatic rings. The van der Waals surface area contributed by atoms with Crippen LogP contribution in [0.2, 0.25) is 0 Å². The highest BCUT2D eigenvalue weighted by Gasteiger charge is 2.60. The van der Waals surface area contributed by atoms with Gasteiger partial charge in [0.2, 0.25) is 0 Å². The molecule has 0 aromatic carbocycles. The van der Waals surface area contributed by atoms with E-state index in [2.05, 4.69) is 13.8 Å². The quantitative estimate of drug-likeness (QED) is 0.620. The molecule has 0 unspecified atom stereocenters. The maximum Gasteiger partial charge on any atom is 0.167 e. The molecular weight excluding hydrogens is 164 g/mol. The molecule has 13 heavy (non-hydrogen) atoms. The van der Waals surface area contributed by atoms with E-state index in [1.54, 1.807) is 0 Å². The van der Waals surface area contributed by atoms with Crippen LogP contribution in [0.3, 0.4) is 0 Å². The van der Waals surface area contributed by atoms with Gasteiger partial charge in [0.25, 0.3) is 0 Å². The van der Waals surface area contributed by atoms with Gasteiger partial charge in [-0.15, -0.1) is 0 Å². The van der Waals surface area contributed by atoms with Crippen LogP contribution in [0.25, 0.3) is 0 Å². The summed E-state index contributed by atoms with van der Waals surface area (Å²) in [7, 11) is 0. The zero-order valence-electron chi connectivity index (χ0n) is 8.63. The minimum Gasteiger partial charge on any atom is -0.385 e. The fraction of sp³-hybridized carbons (Fsp3) is 0.909. The molecule has 2 bridgehead atoms. The van der Waals surface area contributed by atoms with E-state index in [0.29, 0.717) is 12.3 Å². The lowest BCUT2D eigenvalue weighted by Gasteiger charge is -2.46. The molecule has 74 valence electrons. The van der Waals surface area contributed by atoms with Crippen LogP contribution in [0.4, 0.5) is 0 Å². The summed E-state index contributed by atoms with van der Waals surface area (Å²) in [5, 5.41) is 9.61. The van der Waals surface area contributed by atoms with Gasteiger partial charge in [0.05, 0.1) is 0 Å². The van der Waals surface area contributed by atoms with Crippen molar-refractivity contribution >= 4 is 5.78 Å².